The van der Waals surface area contributed by atoms with Crippen LogP contribution in [0.1, 0.15) is 29.7 Å². The third-order valence-corrected chi connectivity index (χ3v) is 2.96. The van der Waals surface area contributed by atoms with Gasteiger partial charge in [-0.25, -0.2) is 4.39 Å². The Morgan fingerprint density at radius 1 is 1.30 bits per heavy atom. The van der Waals surface area contributed by atoms with Crippen molar-refractivity contribution in [1.82, 2.24) is 0 Å². The molecule has 0 aromatic heterocycles. The molecule has 0 aliphatic rings. The quantitative estimate of drug-likeness (QED) is 0.927. The molecule has 2 aromatic carbocycles. The largest absolute Gasteiger partial charge is 0.489 e. The zero-order valence-electron chi connectivity index (χ0n) is 11.1. The van der Waals surface area contributed by atoms with Gasteiger partial charge < -0.3 is 10.5 Å². The van der Waals surface area contributed by atoms with Crippen molar-refractivity contribution in [3.05, 3.63) is 65.0 Å². The Hall–Kier alpha value is -2.38. The molecule has 0 aliphatic heterocycles. The van der Waals surface area contributed by atoms with Crippen LogP contribution in [0.5, 0.6) is 5.75 Å². The lowest BCUT2D eigenvalue weighted by Gasteiger charge is -2.14. The highest BCUT2D eigenvalue weighted by Gasteiger charge is 2.08. The minimum atomic E-state index is -0.521. The summed E-state index contributed by atoms with van der Waals surface area (Å²) in [5, 5.41) is 8.80. The molecule has 0 saturated carbocycles. The van der Waals surface area contributed by atoms with Crippen molar-refractivity contribution in [1.29, 1.82) is 5.26 Å². The summed E-state index contributed by atoms with van der Waals surface area (Å²) < 4.78 is 18.9. The summed E-state index contributed by atoms with van der Waals surface area (Å²) in [5.41, 5.74) is 7.55. The van der Waals surface area contributed by atoms with E-state index in [0.717, 1.165) is 11.1 Å². The molecule has 0 unspecified atom stereocenters. The highest BCUT2D eigenvalue weighted by molar-refractivity contribution is 5.37. The van der Waals surface area contributed by atoms with E-state index in [9.17, 15) is 4.39 Å². The van der Waals surface area contributed by atoms with Gasteiger partial charge in [0.25, 0.3) is 0 Å². The molecule has 0 radical (unpaired) electrons. The summed E-state index contributed by atoms with van der Waals surface area (Å²) in [5.74, 6) is 0.178. The smallest absolute Gasteiger partial charge is 0.140 e. The van der Waals surface area contributed by atoms with Crippen LogP contribution in [0.3, 0.4) is 0 Å². The number of nitriles is 1. The maximum absolute atomic E-state index is 13.2. The second-order valence-electron chi connectivity index (χ2n) is 4.54. The van der Waals surface area contributed by atoms with Gasteiger partial charge >= 0.3 is 0 Å². The molecular weight excluding hydrogens is 255 g/mol. The average molecular weight is 270 g/mol. The van der Waals surface area contributed by atoms with Crippen LogP contribution in [0.4, 0.5) is 4.39 Å². The monoisotopic (exact) mass is 270 g/mol. The van der Waals surface area contributed by atoms with Gasteiger partial charge in [-0.05, 0) is 30.7 Å². The van der Waals surface area contributed by atoms with E-state index in [2.05, 4.69) is 0 Å². The van der Waals surface area contributed by atoms with E-state index in [0.29, 0.717) is 5.75 Å². The topological polar surface area (TPSA) is 59.0 Å². The first-order chi connectivity index (χ1) is 9.61. The van der Waals surface area contributed by atoms with Crippen LogP contribution in [-0.2, 0) is 6.61 Å². The maximum Gasteiger partial charge on any atom is 0.140 e. The summed E-state index contributed by atoms with van der Waals surface area (Å²) in [6, 6.07) is 13.6. The molecule has 4 heteroatoms. The molecule has 0 amide bonds. The summed E-state index contributed by atoms with van der Waals surface area (Å²) >= 11 is 0. The first-order valence-corrected chi connectivity index (χ1v) is 6.27. The van der Waals surface area contributed by atoms with E-state index >= 15 is 0 Å². The first kappa shape index (κ1) is 14.0. The highest BCUT2D eigenvalue weighted by Crippen LogP contribution is 2.24. The van der Waals surface area contributed by atoms with E-state index in [1.807, 2.05) is 37.3 Å². The van der Waals surface area contributed by atoms with Crippen LogP contribution in [0.25, 0.3) is 0 Å². The summed E-state index contributed by atoms with van der Waals surface area (Å²) in [6.45, 7) is 2.15. The number of hydrogen-bond acceptors (Lipinski definition) is 3. The fourth-order valence-electron chi connectivity index (χ4n) is 1.90. The van der Waals surface area contributed by atoms with Crippen LogP contribution in [0.2, 0.25) is 0 Å². The molecule has 0 aliphatic carbocycles. The Kier molecular flexibility index (Phi) is 4.34. The second kappa shape index (κ2) is 6.18. The Bertz CT molecular complexity index is 647. The van der Waals surface area contributed by atoms with Crippen LogP contribution < -0.4 is 10.5 Å². The van der Waals surface area contributed by atoms with E-state index in [1.54, 1.807) is 6.07 Å². The van der Waals surface area contributed by atoms with Gasteiger partial charge in [-0.3, -0.25) is 0 Å². The van der Waals surface area contributed by atoms with E-state index in [4.69, 9.17) is 15.7 Å². The summed E-state index contributed by atoms with van der Waals surface area (Å²) in [7, 11) is 0. The van der Waals surface area contributed by atoms with Crippen molar-refractivity contribution < 1.29 is 9.13 Å². The lowest BCUT2D eigenvalue weighted by Crippen LogP contribution is -2.08. The van der Waals surface area contributed by atoms with Crippen LogP contribution in [0, 0.1) is 17.1 Å². The van der Waals surface area contributed by atoms with Crippen molar-refractivity contribution >= 4 is 0 Å². The number of ether oxygens (including phenoxy) is 1. The molecule has 0 bridgehead atoms. The molecule has 20 heavy (non-hydrogen) atoms. The average Bonchev–Trinajstić information content (AvgIpc) is 2.46. The van der Waals surface area contributed by atoms with Crippen molar-refractivity contribution in [2.75, 3.05) is 0 Å². The summed E-state index contributed by atoms with van der Waals surface area (Å²) in [4.78, 5) is 0. The Morgan fingerprint density at radius 3 is 2.75 bits per heavy atom. The minimum Gasteiger partial charge on any atom is -0.489 e. The van der Waals surface area contributed by atoms with Crippen molar-refractivity contribution in [3.63, 3.8) is 0 Å². The van der Waals surface area contributed by atoms with Gasteiger partial charge in [0.2, 0.25) is 0 Å². The maximum atomic E-state index is 13.2. The number of benzene rings is 2. The van der Waals surface area contributed by atoms with Gasteiger partial charge in [0, 0.05) is 11.6 Å². The molecule has 0 saturated heterocycles. The number of rotatable bonds is 4. The summed E-state index contributed by atoms with van der Waals surface area (Å²) in [6.07, 6.45) is 0. The predicted molar refractivity (Wildman–Crippen MR) is 74.5 cm³/mol. The molecule has 102 valence electrons. The van der Waals surface area contributed by atoms with Crippen molar-refractivity contribution in [2.24, 2.45) is 5.73 Å². The molecule has 3 nitrogen and oxygen atoms in total. The molecule has 2 aromatic rings. The van der Waals surface area contributed by atoms with Gasteiger partial charge in [-0.15, -0.1) is 0 Å². The van der Waals surface area contributed by atoms with Gasteiger partial charge in [0.1, 0.15) is 24.2 Å². The number of hydrogen-bond donors (Lipinski definition) is 1. The van der Waals surface area contributed by atoms with E-state index < -0.39 is 5.82 Å². The van der Waals surface area contributed by atoms with Gasteiger partial charge in [-0.2, -0.15) is 5.26 Å². The van der Waals surface area contributed by atoms with Gasteiger partial charge in [-0.1, -0.05) is 24.3 Å². The van der Waals surface area contributed by atoms with E-state index in [-0.39, 0.29) is 18.2 Å². The minimum absolute atomic E-state index is 0.0200. The van der Waals surface area contributed by atoms with E-state index in [1.165, 1.54) is 12.1 Å². The zero-order chi connectivity index (χ0) is 14.5. The molecule has 1 atom stereocenters. The zero-order valence-corrected chi connectivity index (χ0v) is 11.1. The lowest BCUT2D eigenvalue weighted by atomic mass is 10.1. The van der Waals surface area contributed by atoms with Crippen LogP contribution in [-0.4, -0.2) is 0 Å². The Morgan fingerprint density at radius 2 is 2.05 bits per heavy atom. The third-order valence-electron chi connectivity index (χ3n) is 2.96. The van der Waals surface area contributed by atoms with Gasteiger partial charge in [0.15, 0.2) is 0 Å². The molecule has 2 N–H and O–H groups in total. The number of para-hydroxylation sites is 1. The predicted octanol–water partition coefficient (Wildman–Crippen LogP) is 3.30. The molecular formula is C16H15FN2O. The van der Waals surface area contributed by atoms with Gasteiger partial charge in [0.05, 0.1) is 5.56 Å². The lowest BCUT2D eigenvalue weighted by molar-refractivity contribution is 0.301. The number of nitrogens with zero attached hydrogens (tertiary/aromatic N) is 1. The number of nitrogens with two attached hydrogens (primary N) is 1. The second-order valence-corrected chi connectivity index (χ2v) is 4.54. The van der Waals surface area contributed by atoms with Crippen LogP contribution in [0.15, 0.2) is 42.5 Å². The molecule has 0 spiro atoms. The standard InChI is InChI=1S/C16H15FN2O/c1-11(19)14-4-2-3-5-16(14)20-10-12-6-7-15(17)13(8-12)9-18/h2-8,11H,10,19H2,1H3/t11-/m0/s1. The fourth-order valence-corrected chi connectivity index (χ4v) is 1.90. The highest BCUT2D eigenvalue weighted by atomic mass is 19.1. The van der Waals surface area contributed by atoms with Crippen molar-refractivity contribution in [3.8, 4) is 11.8 Å². The molecule has 0 fully saturated rings. The number of halogens is 1. The Labute approximate surface area is 117 Å². The van der Waals surface area contributed by atoms with Crippen LogP contribution >= 0.6 is 0 Å². The normalized spacial score (nSPS) is 11.7. The first-order valence-electron chi connectivity index (χ1n) is 6.27. The fraction of sp³-hybridized carbons (Fsp3) is 0.188. The van der Waals surface area contributed by atoms with Crippen molar-refractivity contribution in [2.45, 2.75) is 19.6 Å². The molecule has 2 rings (SSSR count). The third kappa shape index (κ3) is 3.14. The Balaban J connectivity index is 2.15. The molecule has 0 heterocycles. The SMILES string of the molecule is C[C@H](N)c1ccccc1OCc1ccc(F)c(C#N)c1.